The first-order chi connectivity index (χ1) is 19.4. The van der Waals surface area contributed by atoms with Crippen molar-refractivity contribution in [1.29, 1.82) is 0 Å². The van der Waals surface area contributed by atoms with E-state index in [2.05, 4.69) is 35.6 Å². The molecule has 1 aromatic carbocycles. The molecule has 1 aliphatic rings. The number of nitrogens with zero attached hydrogens (tertiary/aromatic N) is 5. The molecule has 11 nitrogen and oxygen atoms in total. The predicted octanol–water partition coefficient (Wildman–Crippen LogP) is 3.72. The highest BCUT2D eigenvalue weighted by molar-refractivity contribution is 7.92. The maximum absolute atomic E-state index is 14.2. The zero-order valence-corrected chi connectivity index (χ0v) is 26.6. The fraction of sp³-hybridized carbons (Fsp3) is 0.536. The lowest BCUT2D eigenvalue weighted by Crippen LogP contribution is -2.53. The fourth-order valence-corrected chi connectivity index (χ4v) is 7.63. The minimum absolute atomic E-state index is 0.0880. The van der Waals surface area contributed by atoms with Gasteiger partial charge < -0.3 is 19.3 Å². The van der Waals surface area contributed by atoms with E-state index in [9.17, 15) is 13.5 Å². The lowest BCUT2D eigenvalue weighted by Gasteiger charge is -2.42. The molecule has 0 amide bonds. The first-order valence-electron chi connectivity index (χ1n) is 13.6. The summed E-state index contributed by atoms with van der Waals surface area (Å²) in [5, 5.41) is 20.0. The molecule has 2 aromatic heterocycles. The smallest absolute Gasteiger partial charge is 0.246 e. The fourth-order valence-electron chi connectivity index (χ4n) is 4.60. The molecule has 223 valence electrons. The molecule has 1 fully saturated rings. The zero-order valence-electron chi connectivity index (χ0n) is 24.8. The number of aryl methyl sites for hydroxylation is 1. The first kappa shape index (κ1) is 30.9. The van der Waals surface area contributed by atoms with Crippen molar-refractivity contribution in [3.63, 3.8) is 0 Å². The van der Waals surface area contributed by atoms with Crippen LogP contribution in [-0.4, -0.2) is 87.9 Å². The quantitative estimate of drug-likeness (QED) is 0.291. The van der Waals surface area contributed by atoms with Gasteiger partial charge in [0.05, 0.1) is 39.3 Å². The summed E-state index contributed by atoms with van der Waals surface area (Å²) in [6.45, 7) is 11.0. The van der Waals surface area contributed by atoms with Crippen molar-refractivity contribution in [3.8, 4) is 28.6 Å². The van der Waals surface area contributed by atoms with Gasteiger partial charge in [0.25, 0.3) is 0 Å². The van der Waals surface area contributed by atoms with Crippen LogP contribution in [0.5, 0.6) is 11.5 Å². The molecule has 1 atom stereocenters. The van der Waals surface area contributed by atoms with E-state index >= 15 is 0 Å². The Bertz CT molecular complexity index is 1440. The second-order valence-electron chi connectivity index (χ2n) is 11.2. The summed E-state index contributed by atoms with van der Waals surface area (Å²) < 4.78 is 48.0. The third-order valence-corrected chi connectivity index (χ3v) is 12.4. The topological polar surface area (TPSA) is 129 Å². The third kappa shape index (κ3) is 6.42. The Hall–Kier alpha value is -3.00. The van der Waals surface area contributed by atoms with Gasteiger partial charge in [-0.05, 0) is 36.7 Å². The van der Waals surface area contributed by atoms with E-state index in [0.717, 1.165) is 5.56 Å². The van der Waals surface area contributed by atoms with Crippen LogP contribution in [0.15, 0.2) is 36.7 Å². The maximum Gasteiger partial charge on any atom is 0.246 e. The van der Waals surface area contributed by atoms with Gasteiger partial charge in [0.15, 0.2) is 5.82 Å². The van der Waals surface area contributed by atoms with Crippen LogP contribution in [-0.2, 0) is 14.8 Å². The number of hydrogen-bond acceptors (Lipinski definition) is 9. The minimum Gasteiger partial charge on any atom is -0.494 e. The van der Waals surface area contributed by atoms with Crippen LogP contribution >= 0.6 is 0 Å². The van der Waals surface area contributed by atoms with Gasteiger partial charge in [-0.2, -0.15) is 0 Å². The van der Waals surface area contributed by atoms with Gasteiger partial charge in [-0.3, -0.25) is 9.55 Å². The molecule has 41 heavy (non-hydrogen) atoms. The lowest BCUT2D eigenvalue weighted by atomic mass is 9.83. The van der Waals surface area contributed by atoms with Gasteiger partial charge in [0, 0.05) is 38.7 Å². The largest absolute Gasteiger partial charge is 0.494 e. The number of methoxy groups -OCH3 is 2. The Kier molecular flexibility index (Phi) is 9.41. The van der Waals surface area contributed by atoms with Crippen molar-refractivity contribution in [3.05, 3.63) is 42.2 Å². The van der Waals surface area contributed by atoms with Crippen LogP contribution in [0, 0.1) is 12.3 Å². The van der Waals surface area contributed by atoms with Gasteiger partial charge in [-0.25, -0.2) is 12.7 Å². The van der Waals surface area contributed by atoms with E-state index < -0.39 is 36.1 Å². The van der Waals surface area contributed by atoms with Crippen molar-refractivity contribution < 1.29 is 27.7 Å². The molecular formula is C28H40N5O6SSi. The van der Waals surface area contributed by atoms with Crippen molar-refractivity contribution in [2.45, 2.75) is 51.9 Å². The molecule has 3 aromatic rings. The Morgan fingerprint density at radius 2 is 1.83 bits per heavy atom. The van der Waals surface area contributed by atoms with Gasteiger partial charge in [0.1, 0.15) is 17.2 Å². The molecule has 0 aliphatic carbocycles. The number of pyridine rings is 1. The van der Waals surface area contributed by atoms with Crippen LogP contribution in [0.1, 0.15) is 26.3 Å². The highest BCUT2D eigenvalue weighted by atomic mass is 32.2. The van der Waals surface area contributed by atoms with Crippen LogP contribution in [0.2, 0.25) is 18.1 Å². The first-order valence-corrected chi connectivity index (χ1v) is 17.5. The third-order valence-electron chi connectivity index (χ3n) is 7.69. The number of aliphatic hydroxyl groups excluding tert-OH is 1. The summed E-state index contributed by atoms with van der Waals surface area (Å²) in [5.74, 6) is 0.893. The molecule has 0 bridgehead atoms. The molecule has 1 saturated heterocycles. The van der Waals surface area contributed by atoms with Crippen LogP contribution in [0.4, 0.5) is 5.95 Å². The van der Waals surface area contributed by atoms with Gasteiger partial charge >= 0.3 is 0 Å². The summed E-state index contributed by atoms with van der Waals surface area (Å²) in [7, 11) is -1.88. The van der Waals surface area contributed by atoms with Crippen LogP contribution in [0.25, 0.3) is 17.1 Å². The second-order valence-corrected chi connectivity index (χ2v) is 16.5. The molecule has 0 spiro atoms. The average molecular weight is 603 g/mol. The Morgan fingerprint density at radius 1 is 1.17 bits per heavy atom. The Labute approximate surface area is 244 Å². The van der Waals surface area contributed by atoms with E-state index in [1.165, 1.54) is 18.5 Å². The van der Waals surface area contributed by atoms with Gasteiger partial charge in [-0.1, -0.05) is 38.9 Å². The Morgan fingerprint density at radius 3 is 2.37 bits per heavy atom. The van der Waals surface area contributed by atoms with E-state index in [1.807, 2.05) is 19.9 Å². The molecule has 1 N–H and O–H groups in total. The number of ether oxygens (including phenoxy) is 3. The number of aliphatic hydroxyl groups is 1. The summed E-state index contributed by atoms with van der Waals surface area (Å²) >= 11 is 0. The summed E-state index contributed by atoms with van der Waals surface area (Å²) in [6.07, 6.45) is 2.28. The number of sulfonamides is 1. The van der Waals surface area contributed by atoms with Gasteiger partial charge in [-0.15, -0.1) is 10.2 Å². The highest BCUT2D eigenvalue weighted by Crippen LogP contribution is 2.39. The van der Waals surface area contributed by atoms with E-state index in [4.69, 9.17) is 14.2 Å². The SMILES string of the molecule is COc1cccc(OC)c1-n1c(-c2cncc(C)c2)nnc1N(CC[Si](C)C(C)C)S(=O)(=O)C[C@H](O)C1(C)COC1. The number of hydrogen-bond donors (Lipinski definition) is 1. The molecule has 3 heterocycles. The molecule has 0 saturated carbocycles. The normalized spacial score (nSPS) is 15.6. The highest BCUT2D eigenvalue weighted by Gasteiger charge is 2.44. The standard InChI is InChI=1S/C28H40N5O6SSi/c1-19(2)41(7)12-11-32(40(35,36)16-24(34)28(4)17-39-18-28)27-31-30-26(21-13-20(3)14-29-15-21)33(27)25-22(37-5)9-8-10-23(25)38-6/h8-10,13-15,19,24,34H,11-12,16-18H2,1-7H3/t24-/m0/s1. The van der Waals surface area contributed by atoms with Crippen molar-refractivity contribution in [2.75, 3.05) is 44.0 Å². The zero-order chi connectivity index (χ0) is 29.9. The van der Waals surface area contributed by atoms with E-state index in [1.54, 1.807) is 35.2 Å². The molecule has 1 aliphatic heterocycles. The predicted molar refractivity (Wildman–Crippen MR) is 160 cm³/mol. The molecule has 1 radical (unpaired) electrons. The minimum atomic E-state index is -4.08. The van der Waals surface area contributed by atoms with Crippen LogP contribution < -0.4 is 13.8 Å². The number of aromatic nitrogens is 4. The maximum atomic E-state index is 14.2. The summed E-state index contributed by atoms with van der Waals surface area (Å²) in [4.78, 5) is 4.33. The van der Waals surface area contributed by atoms with Crippen molar-refractivity contribution >= 4 is 24.8 Å². The molecular weight excluding hydrogens is 562 g/mol. The Balaban J connectivity index is 1.94. The molecule has 4 rings (SSSR count). The summed E-state index contributed by atoms with van der Waals surface area (Å²) in [5.41, 5.74) is 1.83. The number of rotatable bonds is 13. The second kappa shape index (κ2) is 12.5. The number of para-hydroxylation sites is 1. The number of anilines is 1. The van der Waals surface area contributed by atoms with Crippen molar-refractivity contribution in [2.24, 2.45) is 5.41 Å². The monoisotopic (exact) mass is 602 g/mol. The molecule has 13 heteroatoms. The van der Waals surface area contributed by atoms with Crippen molar-refractivity contribution in [1.82, 2.24) is 19.7 Å². The van der Waals surface area contributed by atoms with E-state index in [-0.39, 0.29) is 12.5 Å². The van der Waals surface area contributed by atoms with E-state index in [0.29, 0.717) is 53.4 Å². The molecule has 0 unspecified atom stereocenters. The lowest BCUT2D eigenvalue weighted by molar-refractivity contribution is -0.154. The summed E-state index contributed by atoms with van der Waals surface area (Å²) in [6, 6.07) is 7.91. The van der Waals surface area contributed by atoms with Crippen LogP contribution in [0.3, 0.4) is 0 Å². The average Bonchev–Trinajstić information content (AvgIpc) is 3.34. The van der Waals surface area contributed by atoms with Gasteiger partial charge in [0.2, 0.25) is 16.0 Å². The number of benzene rings is 1.